The first-order valence-corrected chi connectivity index (χ1v) is 11.3. The zero-order valence-electron chi connectivity index (χ0n) is 19.5. The molecule has 10 nitrogen and oxygen atoms in total. The standard InChI is InChI=1S/C26H23N7O3/c1-15-2-4-16(5-3-15)25(34)32-18-12-30-26(31-13-18)33-24-17(10-27)11-29-22-9-23(21(28)8-20(22)24)36-19-6-7-35-14-19/h2-5,8-9,11-13,19H,6-7,14,28H2,1H3,(H,32,34)(H,29,30,31,33). The normalized spacial score (nSPS) is 14.8. The lowest BCUT2D eigenvalue weighted by Crippen LogP contribution is -2.16. The van der Waals surface area contributed by atoms with Crippen LogP contribution in [0.4, 0.5) is 23.0 Å². The van der Waals surface area contributed by atoms with E-state index in [0.717, 1.165) is 12.0 Å². The number of carbonyl (C=O) groups is 1. The molecule has 10 heteroatoms. The van der Waals surface area contributed by atoms with E-state index >= 15 is 0 Å². The number of rotatable bonds is 6. The highest BCUT2D eigenvalue weighted by Crippen LogP contribution is 2.35. The number of aromatic nitrogens is 3. The smallest absolute Gasteiger partial charge is 0.255 e. The molecule has 0 saturated carbocycles. The van der Waals surface area contributed by atoms with Crippen LogP contribution in [0.5, 0.6) is 5.75 Å². The Morgan fingerprint density at radius 3 is 2.64 bits per heavy atom. The van der Waals surface area contributed by atoms with Crippen LogP contribution < -0.4 is 21.1 Å². The average Bonchev–Trinajstić information content (AvgIpc) is 3.40. The zero-order chi connectivity index (χ0) is 25.1. The molecule has 1 saturated heterocycles. The molecule has 36 heavy (non-hydrogen) atoms. The fourth-order valence-corrected chi connectivity index (χ4v) is 3.82. The third-order valence-corrected chi connectivity index (χ3v) is 5.76. The number of carbonyl (C=O) groups excluding carboxylic acids is 1. The van der Waals surface area contributed by atoms with E-state index in [4.69, 9.17) is 15.2 Å². The quantitative estimate of drug-likeness (QED) is 0.348. The number of hydrogen-bond acceptors (Lipinski definition) is 9. The summed E-state index contributed by atoms with van der Waals surface area (Å²) in [6.07, 6.45) is 5.18. The van der Waals surface area contributed by atoms with E-state index in [1.165, 1.54) is 18.6 Å². The molecule has 2 aromatic carbocycles. The first kappa shape index (κ1) is 23.0. The fourth-order valence-electron chi connectivity index (χ4n) is 3.82. The van der Waals surface area contributed by atoms with Crippen LogP contribution in [-0.4, -0.2) is 40.2 Å². The Labute approximate surface area is 207 Å². The van der Waals surface area contributed by atoms with Gasteiger partial charge in [-0.2, -0.15) is 5.26 Å². The molecule has 4 N–H and O–H groups in total. The lowest BCUT2D eigenvalue weighted by atomic mass is 10.1. The lowest BCUT2D eigenvalue weighted by Gasteiger charge is -2.16. The van der Waals surface area contributed by atoms with Crippen molar-refractivity contribution in [1.82, 2.24) is 15.0 Å². The van der Waals surface area contributed by atoms with E-state index in [-0.39, 0.29) is 18.0 Å². The van der Waals surface area contributed by atoms with Gasteiger partial charge in [-0.3, -0.25) is 9.78 Å². The second kappa shape index (κ2) is 9.85. The molecule has 1 aliphatic rings. The Balaban J connectivity index is 1.37. The highest BCUT2D eigenvalue weighted by atomic mass is 16.5. The number of ether oxygens (including phenoxy) is 2. The molecular weight excluding hydrogens is 458 g/mol. The number of nitrogens with one attached hydrogen (secondary N) is 2. The van der Waals surface area contributed by atoms with Gasteiger partial charge in [0.25, 0.3) is 5.91 Å². The van der Waals surface area contributed by atoms with Crippen molar-refractivity contribution in [1.29, 1.82) is 5.26 Å². The Hall–Kier alpha value is -4.75. The number of benzene rings is 2. The third kappa shape index (κ3) is 4.87. The molecule has 180 valence electrons. The number of fused-ring (bicyclic) bond motifs is 1. The van der Waals surface area contributed by atoms with E-state index in [1.807, 2.05) is 19.1 Å². The summed E-state index contributed by atoms with van der Waals surface area (Å²) in [6, 6.07) is 12.8. The number of nitrogens with two attached hydrogens (primary N) is 1. The minimum atomic E-state index is -0.260. The second-order valence-electron chi connectivity index (χ2n) is 8.41. The number of nitrogens with zero attached hydrogens (tertiary/aromatic N) is 4. The van der Waals surface area contributed by atoms with Crippen LogP contribution in [0.1, 0.15) is 27.9 Å². The summed E-state index contributed by atoms with van der Waals surface area (Å²) in [5, 5.41) is 16.1. The zero-order valence-corrected chi connectivity index (χ0v) is 19.5. The van der Waals surface area contributed by atoms with Crippen molar-refractivity contribution in [2.45, 2.75) is 19.4 Å². The number of aryl methyl sites for hydroxylation is 1. The van der Waals surface area contributed by atoms with Crippen molar-refractivity contribution >= 4 is 39.8 Å². The van der Waals surface area contributed by atoms with Crippen molar-refractivity contribution in [2.75, 3.05) is 29.6 Å². The highest BCUT2D eigenvalue weighted by Gasteiger charge is 2.20. The number of nitriles is 1. The van der Waals surface area contributed by atoms with E-state index < -0.39 is 0 Å². The highest BCUT2D eigenvalue weighted by molar-refractivity contribution is 6.04. The summed E-state index contributed by atoms with van der Waals surface area (Å²) >= 11 is 0. The first-order chi connectivity index (χ1) is 17.5. The molecular formula is C26H23N7O3. The van der Waals surface area contributed by atoms with Gasteiger partial charge in [0.2, 0.25) is 5.95 Å². The lowest BCUT2D eigenvalue weighted by molar-refractivity contribution is 0.102. The molecule has 1 fully saturated rings. The molecule has 0 spiro atoms. The second-order valence-corrected chi connectivity index (χ2v) is 8.41. The molecule has 1 atom stereocenters. The molecule has 0 aliphatic carbocycles. The van der Waals surface area contributed by atoms with Gasteiger partial charge in [0.15, 0.2) is 0 Å². The number of anilines is 4. The van der Waals surface area contributed by atoms with Gasteiger partial charge in [-0.1, -0.05) is 17.7 Å². The van der Waals surface area contributed by atoms with Crippen molar-refractivity contribution in [3.05, 3.63) is 71.7 Å². The Morgan fingerprint density at radius 1 is 1.17 bits per heavy atom. The molecule has 1 amide bonds. The van der Waals surface area contributed by atoms with Crippen molar-refractivity contribution in [3.8, 4) is 11.8 Å². The predicted molar refractivity (Wildman–Crippen MR) is 135 cm³/mol. The first-order valence-electron chi connectivity index (χ1n) is 11.3. The van der Waals surface area contributed by atoms with E-state index in [1.54, 1.807) is 24.3 Å². The van der Waals surface area contributed by atoms with Crippen molar-refractivity contribution < 1.29 is 14.3 Å². The van der Waals surface area contributed by atoms with Crippen LogP contribution in [0.2, 0.25) is 0 Å². The van der Waals surface area contributed by atoms with Crippen molar-refractivity contribution in [2.24, 2.45) is 0 Å². The summed E-state index contributed by atoms with van der Waals surface area (Å²) < 4.78 is 11.3. The van der Waals surface area contributed by atoms with Crippen LogP contribution >= 0.6 is 0 Å². The molecule has 1 unspecified atom stereocenters. The summed E-state index contributed by atoms with van der Waals surface area (Å²) in [4.78, 5) is 25.4. The Morgan fingerprint density at radius 2 is 1.94 bits per heavy atom. The fraction of sp³-hybridized carbons (Fsp3) is 0.192. The minimum Gasteiger partial charge on any atom is -0.486 e. The summed E-state index contributed by atoms with van der Waals surface area (Å²) in [7, 11) is 0. The van der Waals surface area contributed by atoms with Gasteiger partial charge >= 0.3 is 0 Å². The van der Waals surface area contributed by atoms with E-state index in [2.05, 4.69) is 31.7 Å². The number of amides is 1. The molecule has 3 heterocycles. The SMILES string of the molecule is Cc1ccc(C(=O)Nc2cnc(Nc3c(C#N)cnc4cc(OC5CCOC5)c(N)cc34)nc2)cc1. The maximum absolute atomic E-state index is 12.4. The van der Waals surface area contributed by atoms with Gasteiger partial charge in [-0.25, -0.2) is 9.97 Å². The molecule has 0 bridgehead atoms. The summed E-state index contributed by atoms with van der Waals surface area (Å²) in [6.45, 7) is 3.13. The average molecular weight is 482 g/mol. The van der Waals surface area contributed by atoms with Crippen molar-refractivity contribution in [3.63, 3.8) is 0 Å². The Kier molecular flexibility index (Phi) is 6.30. The Bertz CT molecular complexity index is 1460. The van der Waals surface area contributed by atoms with Gasteiger partial charge in [-0.15, -0.1) is 0 Å². The third-order valence-electron chi connectivity index (χ3n) is 5.76. The van der Waals surface area contributed by atoms with Crippen LogP contribution in [0.15, 0.2) is 55.0 Å². The number of pyridine rings is 1. The van der Waals surface area contributed by atoms with E-state index in [9.17, 15) is 10.1 Å². The molecule has 1 aliphatic heterocycles. The van der Waals surface area contributed by atoms with Gasteiger partial charge in [0.1, 0.15) is 17.9 Å². The summed E-state index contributed by atoms with van der Waals surface area (Å²) in [5.41, 5.74) is 10.1. The number of hydrogen-bond donors (Lipinski definition) is 3. The molecule has 0 radical (unpaired) electrons. The van der Waals surface area contributed by atoms with Crippen LogP contribution in [0.3, 0.4) is 0 Å². The molecule has 4 aromatic rings. The predicted octanol–water partition coefficient (Wildman–Crippen LogP) is 3.95. The maximum Gasteiger partial charge on any atom is 0.255 e. The topological polar surface area (TPSA) is 148 Å². The van der Waals surface area contributed by atoms with Gasteiger partial charge < -0.3 is 25.8 Å². The maximum atomic E-state index is 12.4. The van der Waals surface area contributed by atoms with Crippen LogP contribution in [0, 0.1) is 18.3 Å². The molecule has 2 aromatic heterocycles. The van der Waals surface area contributed by atoms with Crippen LogP contribution in [-0.2, 0) is 4.74 Å². The molecule has 5 rings (SSSR count). The van der Waals surface area contributed by atoms with Gasteiger partial charge in [0, 0.05) is 29.6 Å². The number of nitrogen functional groups attached to an aromatic ring is 1. The summed E-state index contributed by atoms with van der Waals surface area (Å²) in [5.74, 6) is 0.504. The van der Waals surface area contributed by atoms with Gasteiger partial charge in [-0.05, 0) is 25.1 Å². The largest absolute Gasteiger partial charge is 0.486 e. The minimum absolute atomic E-state index is 0.0564. The van der Waals surface area contributed by atoms with Crippen LogP contribution in [0.25, 0.3) is 10.9 Å². The van der Waals surface area contributed by atoms with Gasteiger partial charge in [0.05, 0.1) is 53.7 Å². The monoisotopic (exact) mass is 481 g/mol. The van der Waals surface area contributed by atoms with E-state index in [0.29, 0.717) is 58.1 Å².